The van der Waals surface area contributed by atoms with Crippen molar-refractivity contribution in [3.63, 3.8) is 0 Å². The van der Waals surface area contributed by atoms with Gasteiger partial charge in [0.05, 0.1) is 5.75 Å². The number of nitrogens with one attached hydrogen (secondary N) is 1. The maximum Gasteiger partial charge on any atom is 0.247 e. The average Bonchev–Trinajstić information content (AvgIpc) is 2.93. The molecule has 0 aliphatic heterocycles. The number of halogens is 1. The molecule has 0 spiro atoms. The number of hydrogen-bond donors (Lipinski definition) is 1. The van der Waals surface area contributed by atoms with Crippen molar-refractivity contribution in [2.75, 3.05) is 30.1 Å². The summed E-state index contributed by atoms with van der Waals surface area (Å²) in [5.41, 5.74) is 3.65. The summed E-state index contributed by atoms with van der Waals surface area (Å²) in [4.78, 5) is 40.2. The van der Waals surface area contributed by atoms with Gasteiger partial charge in [0.15, 0.2) is 5.16 Å². The predicted molar refractivity (Wildman–Crippen MR) is 159 cm³/mol. The Morgan fingerprint density at radius 1 is 1.05 bits per heavy atom. The zero-order chi connectivity index (χ0) is 28.6. The molecule has 1 aromatic heterocycles. The molecule has 0 radical (unpaired) electrons. The highest BCUT2D eigenvalue weighted by atomic mass is 32.2. The molecule has 210 valence electrons. The lowest BCUT2D eigenvalue weighted by Gasteiger charge is -2.37. The van der Waals surface area contributed by atoms with Gasteiger partial charge in [-0.15, -0.1) is 0 Å². The number of allylic oxidation sites excluding steroid dienone is 2. The van der Waals surface area contributed by atoms with E-state index in [1.54, 1.807) is 23.1 Å². The van der Waals surface area contributed by atoms with Crippen molar-refractivity contribution in [2.24, 2.45) is 5.92 Å². The number of amides is 2. The molecule has 1 N–H and O–H groups in total. The topological polar surface area (TPSA) is 78.4 Å². The van der Waals surface area contributed by atoms with Crippen molar-refractivity contribution >= 4 is 35.0 Å². The zero-order valence-electron chi connectivity index (χ0n) is 23.4. The van der Waals surface area contributed by atoms with Crippen LogP contribution in [0.5, 0.6) is 0 Å². The first-order valence-electron chi connectivity index (χ1n) is 13.4. The molecular formula is C31H36FN5O2S. The van der Waals surface area contributed by atoms with Gasteiger partial charge in [0.25, 0.3) is 0 Å². The Kier molecular flexibility index (Phi) is 9.93. The molecule has 40 heavy (non-hydrogen) atoms. The fourth-order valence-electron chi connectivity index (χ4n) is 4.89. The van der Waals surface area contributed by atoms with Gasteiger partial charge >= 0.3 is 0 Å². The van der Waals surface area contributed by atoms with Gasteiger partial charge in [-0.05, 0) is 75.4 Å². The third-order valence-corrected chi connectivity index (χ3v) is 7.75. The minimum absolute atomic E-state index is 0.0162. The van der Waals surface area contributed by atoms with Gasteiger partial charge in [-0.3, -0.25) is 9.59 Å². The maximum atomic E-state index is 14.8. The third-order valence-electron chi connectivity index (χ3n) is 6.92. The minimum atomic E-state index is -0.786. The van der Waals surface area contributed by atoms with E-state index < -0.39 is 11.9 Å². The molecule has 4 rings (SSSR count). The van der Waals surface area contributed by atoms with Crippen molar-refractivity contribution in [3.05, 3.63) is 89.5 Å². The standard InChI is InChI=1S/C31H36FN5O2S/c1-21-18-22(2)34-31(33-21)40-20-28(38)37(19-24-12-8-9-13-27(24)32)29(23-10-6-5-7-11-23)30(39)35-25-14-16-26(17-15-25)36(3)4/h5-6,8-9,12-18,23,29H,7,10-11,19-20H2,1-4H3,(H,35,39). The lowest BCUT2D eigenvalue weighted by atomic mass is 9.86. The summed E-state index contributed by atoms with van der Waals surface area (Å²) >= 11 is 1.23. The summed E-state index contributed by atoms with van der Waals surface area (Å²) in [6.07, 6.45) is 6.39. The minimum Gasteiger partial charge on any atom is -0.378 e. The Morgan fingerprint density at radius 3 is 2.38 bits per heavy atom. The van der Waals surface area contributed by atoms with Gasteiger partial charge in [-0.1, -0.05) is 42.1 Å². The van der Waals surface area contributed by atoms with E-state index in [4.69, 9.17) is 0 Å². The predicted octanol–water partition coefficient (Wildman–Crippen LogP) is 5.78. The highest BCUT2D eigenvalue weighted by Crippen LogP contribution is 2.29. The summed E-state index contributed by atoms with van der Waals surface area (Å²) in [7, 11) is 3.90. The first-order valence-corrected chi connectivity index (χ1v) is 14.4. The van der Waals surface area contributed by atoms with Crippen molar-refractivity contribution in [1.82, 2.24) is 14.9 Å². The fourth-order valence-corrected chi connectivity index (χ4v) is 5.73. The Morgan fingerprint density at radius 2 is 1.75 bits per heavy atom. The number of hydrogen-bond acceptors (Lipinski definition) is 6. The Hall–Kier alpha value is -3.72. The van der Waals surface area contributed by atoms with E-state index in [2.05, 4.69) is 27.4 Å². The van der Waals surface area contributed by atoms with Crippen molar-refractivity contribution in [3.8, 4) is 0 Å². The van der Waals surface area contributed by atoms with Gasteiger partial charge in [0.2, 0.25) is 11.8 Å². The zero-order valence-corrected chi connectivity index (χ0v) is 24.2. The summed E-state index contributed by atoms with van der Waals surface area (Å²) in [6.45, 7) is 3.75. The second-order valence-corrected chi connectivity index (χ2v) is 11.2. The molecule has 0 bridgehead atoms. The van der Waals surface area contributed by atoms with E-state index in [0.29, 0.717) is 22.8 Å². The van der Waals surface area contributed by atoms with Crippen LogP contribution in [0, 0.1) is 25.6 Å². The molecule has 0 fully saturated rings. The van der Waals surface area contributed by atoms with Crippen LogP contribution in [0.3, 0.4) is 0 Å². The Labute approximate surface area is 239 Å². The molecule has 1 aliphatic rings. The number of rotatable bonds is 10. The maximum absolute atomic E-state index is 14.8. The molecule has 0 saturated heterocycles. The largest absolute Gasteiger partial charge is 0.378 e. The molecule has 0 saturated carbocycles. The molecule has 1 heterocycles. The van der Waals surface area contributed by atoms with Crippen LogP contribution in [-0.2, 0) is 16.1 Å². The van der Waals surface area contributed by atoms with Crippen molar-refractivity contribution < 1.29 is 14.0 Å². The first kappa shape index (κ1) is 29.3. The molecule has 2 atom stereocenters. The number of carbonyl (C=O) groups is 2. The number of aryl methyl sites for hydroxylation is 2. The van der Waals surface area contributed by atoms with Crippen LogP contribution in [0.4, 0.5) is 15.8 Å². The van der Waals surface area contributed by atoms with Gasteiger partial charge in [-0.2, -0.15) is 0 Å². The highest BCUT2D eigenvalue weighted by molar-refractivity contribution is 7.99. The molecule has 9 heteroatoms. The molecule has 7 nitrogen and oxygen atoms in total. The molecule has 2 unspecified atom stereocenters. The van der Waals surface area contributed by atoms with E-state index in [-0.39, 0.29) is 30.0 Å². The van der Waals surface area contributed by atoms with Gasteiger partial charge in [-0.25, -0.2) is 14.4 Å². The number of benzene rings is 2. The van der Waals surface area contributed by atoms with Crippen LogP contribution >= 0.6 is 11.8 Å². The molecule has 3 aromatic rings. The van der Waals surface area contributed by atoms with Crippen LogP contribution in [0.25, 0.3) is 0 Å². The van der Waals surface area contributed by atoms with E-state index in [1.165, 1.54) is 17.8 Å². The smallest absolute Gasteiger partial charge is 0.247 e. The van der Waals surface area contributed by atoms with Crippen LogP contribution in [0.1, 0.15) is 36.2 Å². The Balaban J connectivity index is 1.65. The quantitative estimate of drug-likeness (QED) is 0.192. The molecule has 2 aromatic carbocycles. The molecule has 1 aliphatic carbocycles. The number of nitrogens with zero attached hydrogens (tertiary/aromatic N) is 4. The molecule has 2 amide bonds. The Bertz CT molecular complexity index is 1340. The van der Waals surface area contributed by atoms with E-state index in [1.807, 2.05) is 63.2 Å². The number of thioether (sulfide) groups is 1. The van der Waals surface area contributed by atoms with Crippen LogP contribution in [-0.4, -0.2) is 52.6 Å². The SMILES string of the molecule is Cc1cc(C)nc(SCC(=O)N(Cc2ccccc2F)C(C(=O)Nc2ccc(N(C)C)cc2)C2CC=CCC2)n1. The van der Waals surface area contributed by atoms with Gasteiger partial charge in [0, 0.05) is 49.0 Å². The van der Waals surface area contributed by atoms with Crippen LogP contribution < -0.4 is 10.2 Å². The monoisotopic (exact) mass is 561 g/mol. The van der Waals surface area contributed by atoms with Crippen LogP contribution in [0.2, 0.25) is 0 Å². The average molecular weight is 562 g/mol. The summed E-state index contributed by atoms with van der Waals surface area (Å²) in [5.74, 6) is -1.04. The lowest BCUT2D eigenvalue weighted by Crippen LogP contribution is -2.52. The van der Waals surface area contributed by atoms with E-state index in [9.17, 15) is 14.0 Å². The van der Waals surface area contributed by atoms with E-state index in [0.717, 1.165) is 29.9 Å². The number of carbonyl (C=O) groups excluding carboxylic acids is 2. The first-order chi connectivity index (χ1) is 19.2. The normalized spacial score (nSPS) is 15.4. The number of anilines is 2. The number of aromatic nitrogens is 2. The lowest BCUT2D eigenvalue weighted by molar-refractivity contribution is -0.139. The van der Waals surface area contributed by atoms with Gasteiger partial charge < -0.3 is 15.1 Å². The fraction of sp³-hybridized carbons (Fsp3) is 0.355. The second-order valence-electron chi connectivity index (χ2n) is 10.3. The molecular weight excluding hydrogens is 525 g/mol. The highest BCUT2D eigenvalue weighted by Gasteiger charge is 2.37. The summed E-state index contributed by atoms with van der Waals surface area (Å²) < 4.78 is 14.8. The van der Waals surface area contributed by atoms with Crippen molar-refractivity contribution in [2.45, 2.75) is 50.9 Å². The second kappa shape index (κ2) is 13.6. The van der Waals surface area contributed by atoms with E-state index >= 15 is 0 Å². The van der Waals surface area contributed by atoms with Crippen molar-refractivity contribution in [1.29, 1.82) is 0 Å². The third kappa shape index (κ3) is 7.69. The van der Waals surface area contributed by atoms with Crippen LogP contribution in [0.15, 0.2) is 71.9 Å². The summed E-state index contributed by atoms with van der Waals surface area (Å²) in [6, 6.07) is 15.0. The summed E-state index contributed by atoms with van der Waals surface area (Å²) in [5, 5.41) is 3.53. The van der Waals surface area contributed by atoms with Gasteiger partial charge in [0.1, 0.15) is 11.9 Å².